The molecule has 2 aromatic rings. The molecule has 0 aliphatic carbocycles. The van der Waals surface area contributed by atoms with Crippen LogP contribution in [0.15, 0.2) is 28.7 Å². The van der Waals surface area contributed by atoms with Crippen molar-refractivity contribution in [2.75, 3.05) is 0 Å². The zero-order chi connectivity index (χ0) is 11.9. The summed E-state index contributed by atoms with van der Waals surface area (Å²) < 4.78 is 5.54. The van der Waals surface area contributed by atoms with E-state index in [4.69, 9.17) is 4.42 Å². The minimum Gasteiger partial charge on any atom is -0.458 e. The molecule has 0 fully saturated rings. The van der Waals surface area contributed by atoms with Gasteiger partial charge in [-0.25, -0.2) is 0 Å². The average Bonchev–Trinajstić information content (AvgIpc) is 2.58. The van der Waals surface area contributed by atoms with Crippen molar-refractivity contribution in [3.8, 4) is 0 Å². The van der Waals surface area contributed by atoms with Gasteiger partial charge in [-0.15, -0.1) is 0 Å². The van der Waals surface area contributed by atoms with E-state index in [2.05, 4.69) is 0 Å². The zero-order valence-electron chi connectivity index (χ0n) is 9.69. The first-order valence-electron chi connectivity index (χ1n) is 5.32. The van der Waals surface area contributed by atoms with E-state index >= 15 is 0 Å². The molecule has 0 saturated heterocycles. The second-order valence-corrected chi connectivity index (χ2v) is 4.64. The number of furan rings is 1. The van der Waals surface area contributed by atoms with Crippen LogP contribution in [0.4, 0.5) is 0 Å². The third-order valence-electron chi connectivity index (χ3n) is 2.63. The van der Waals surface area contributed by atoms with Gasteiger partial charge >= 0.3 is 0 Å². The summed E-state index contributed by atoms with van der Waals surface area (Å²) in [5.41, 5.74) is 0.585. The standard InChI is InChI=1S/C13H16O3/c1-8(14)9-4-5-11-10(6-9)7-12(16-11)13(2,3)15/h4-8,14-15H,1-3H3/t8-/m0/s1. The van der Waals surface area contributed by atoms with Crippen molar-refractivity contribution in [2.24, 2.45) is 0 Å². The largest absolute Gasteiger partial charge is 0.458 e. The summed E-state index contributed by atoms with van der Waals surface area (Å²) in [7, 11) is 0. The summed E-state index contributed by atoms with van der Waals surface area (Å²) in [6.45, 7) is 5.08. The Bertz CT molecular complexity index is 503. The van der Waals surface area contributed by atoms with Gasteiger partial charge in [-0.1, -0.05) is 6.07 Å². The van der Waals surface area contributed by atoms with Crippen LogP contribution in [0.25, 0.3) is 11.0 Å². The van der Waals surface area contributed by atoms with Crippen molar-refractivity contribution in [1.82, 2.24) is 0 Å². The second-order valence-electron chi connectivity index (χ2n) is 4.64. The molecule has 0 amide bonds. The molecule has 1 heterocycles. The summed E-state index contributed by atoms with van der Waals surface area (Å²) in [5.74, 6) is 0.533. The molecule has 0 bridgehead atoms. The van der Waals surface area contributed by atoms with Gasteiger partial charge in [0.25, 0.3) is 0 Å². The molecule has 1 aromatic heterocycles. The summed E-state index contributed by atoms with van der Waals surface area (Å²) in [4.78, 5) is 0. The van der Waals surface area contributed by atoms with E-state index in [0.717, 1.165) is 16.5 Å². The fourth-order valence-electron chi connectivity index (χ4n) is 1.62. The topological polar surface area (TPSA) is 53.6 Å². The molecule has 1 aromatic carbocycles. The molecular formula is C13H16O3. The van der Waals surface area contributed by atoms with Crippen LogP contribution in [-0.2, 0) is 5.60 Å². The number of rotatable bonds is 2. The number of benzene rings is 1. The number of hydrogen-bond donors (Lipinski definition) is 2. The molecule has 2 rings (SSSR count). The van der Waals surface area contributed by atoms with E-state index in [0.29, 0.717) is 5.76 Å². The minimum absolute atomic E-state index is 0.495. The predicted octanol–water partition coefficient (Wildman–Crippen LogP) is 2.71. The van der Waals surface area contributed by atoms with Gasteiger partial charge in [0.2, 0.25) is 0 Å². The van der Waals surface area contributed by atoms with Gasteiger partial charge in [0, 0.05) is 5.39 Å². The molecule has 16 heavy (non-hydrogen) atoms. The maximum Gasteiger partial charge on any atom is 0.136 e. The molecule has 86 valence electrons. The van der Waals surface area contributed by atoms with Crippen LogP contribution >= 0.6 is 0 Å². The maximum absolute atomic E-state index is 9.83. The third-order valence-corrected chi connectivity index (χ3v) is 2.63. The zero-order valence-corrected chi connectivity index (χ0v) is 9.69. The van der Waals surface area contributed by atoms with Crippen molar-refractivity contribution in [2.45, 2.75) is 32.5 Å². The maximum atomic E-state index is 9.83. The minimum atomic E-state index is -0.982. The number of hydrogen-bond acceptors (Lipinski definition) is 3. The quantitative estimate of drug-likeness (QED) is 0.818. The van der Waals surface area contributed by atoms with Crippen LogP contribution in [0.2, 0.25) is 0 Å². The van der Waals surface area contributed by atoms with Crippen molar-refractivity contribution in [3.05, 3.63) is 35.6 Å². The van der Waals surface area contributed by atoms with Crippen LogP contribution in [0.3, 0.4) is 0 Å². The Kier molecular flexibility index (Phi) is 2.52. The van der Waals surface area contributed by atoms with Crippen LogP contribution in [-0.4, -0.2) is 10.2 Å². The fourth-order valence-corrected chi connectivity index (χ4v) is 1.62. The molecule has 0 aliphatic rings. The number of fused-ring (bicyclic) bond motifs is 1. The summed E-state index contributed by atoms with van der Waals surface area (Å²) >= 11 is 0. The molecule has 0 saturated carbocycles. The highest BCUT2D eigenvalue weighted by Crippen LogP contribution is 2.29. The normalized spacial score (nSPS) is 14.3. The van der Waals surface area contributed by atoms with Crippen LogP contribution in [0, 0.1) is 0 Å². The lowest BCUT2D eigenvalue weighted by molar-refractivity contribution is 0.0559. The number of aliphatic hydroxyl groups is 2. The first-order valence-corrected chi connectivity index (χ1v) is 5.32. The molecule has 1 atom stereocenters. The Hall–Kier alpha value is -1.32. The van der Waals surface area contributed by atoms with Gasteiger partial charge in [0.05, 0.1) is 6.10 Å². The SMILES string of the molecule is C[C@H](O)c1ccc2oc(C(C)(C)O)cc2c1. The third kappa shape index (κ3) is 1.96. The Balaban J connectivity index is 2.54. The summed E-state index contributed by atoms with van der Waals surface area (Å²) in [6, 6.07) is 7.32. The Morgan fingerprint density at radius 3 is 2.50 bits per heavy atom. The van der Waals surface area contributed by atoms with Gasteiger partial charge in [-0.3, -0.25) is 0 Å². The molecule has 2 N–H and O–H groups in total. The first-order chi connectivity index (χ1) is 7.38. The van der Waals surface area contributed by atoms with E-state index in [-0.39, 0.29) is 0 Å². The molecule has 3 nitrogen and oxygen atoms in total. The Morgan fingerprint density at radius 1 is 1.25 bits per heavy atom. The molecule has 0 aliphatic heterocycles. The first kappa shape index (κ1) is 11.2. The molecule has 3 heteroatoms. The molecular weight excluding hydrogens is 204 g/mol. The van der Waals surface area contributed by atoms with Gasteiger partial charge in [-0.2, -0.15) is 0 Å². The van der Waals surface area contributed by atoms with Gasteiger partial charge in [0.1, 0.15) is 16.9 Å². The summed E-state index contributed by atoms with van der Waals surface area (Å²) in [6.07, 6.45) is -0.495. The van der Waals surface area contributed by atoms with E-state index in [9.17, 15) is 10.2 Å². The van der Waals surface area contributed by atoms with Crippen molar-refractivity contribution in [1.29, 1.82) is 0 Å². The van der Waals surface area contributed by atoms with E-state index in [1.807, 2.05) is 18.2 Å². The van der Waals surface area contributed by atoms with Crippen LogP contribution in [0.1, 0.15) is 38.2 Å². The Morgan fingerprint density at radius 2 is 1.94 bits per heavy atom. The summed E-state index contributed by atoms with van der Waals surface area (Å²) in [5, 5.41) is 20.2. The molecule has 0 spiro atoms. The number of aliphatic hydroxyl groups excluding tert-OH is 1. The van der Waals surface area contributed by atoms with Crippen molar-refractivity contribution < 1.29 is 14.6 Å². The van der Waals surface area contributed by atoms with Crippen LogP contribution in [0.5, 0.6) is 0 Å². The van der Waals surface area contributed by atoms with E-state index in [1.165, 1.54) is 0 Å². The lowest BCUT2D eigenvalue weighted by Crippen LogP contribution is -2.13. The van der Waals surface area contributed by atoms with Crippen molar-refractivity contribution in [3.63, 3.8) is 0 Å². The van der Waals surface area contributed by atoms with Crippen LogP contribution < -0.4 is 0 Å². The highest BCUT2D eigenvalue weighted by Gasteiger charge is 2.21. The average molecular weight is 220 g/mol. The van der Waals surface area contributed by atoms with Gasteiger partial charge < -0.3 is 14.6 Å². The Labute approximate surface area is 94.3 Å². The molecule has 0 unspecified atom stereocenters. The van der Waals surface area contributed by atoms with Gasteiger partial charge in [-0.05, 0) is 44.5 Å². The smallest absolute Gasteiger partial charge is 0.136 e. The lowest BCUT2D eigenvalue weighted by Gasteiger charge is -2.12. The van der Waals surface area contributed by atoms with E-state index < -0.39 is 11.7 Å². The fraction of sp³-hybridized carbons (Fsp3) is 0.385. The second kappa shape index (κ2) is 3.61. The highest BCUT2D eigenvalue weighted by molar-refractivity contribution is 5.79. The highest BCUT2D eigenvalue weighted by atomic mass is 16.4. The van der Waals surface area contributed by atoms with E-state index in [1.54, 1.807) is 26.8 Å². The monoisotopic (exact) mass is 220 g/mol. The lowest BCUT2D eigenvalue weighted by atomic mass is 10.1. The predicted molar refractivity (Wildman–Crippen MR) is 62.1 cm³/mol. The van der Waals surface area contributed by atoms with Crippen molar-refractivity contribution >= 4 is 11.0 Å². The van der Waals surface area contributed by atoms with Gasteiger partial charge in [0.15, 0.2) is 0 Å². The molecule has 0 radical (unpaired) electrons.